The number of rotatable bonds is 3. The van der Waals surface area contributed by atoms with Crippen LogP contribution in [-0.4, -0.2) is 16.2 Å². The zero-order valence-electron chi connectivity index (χ0n) is 13.1. The van der Waals surface area contributed by atoms with E-state index < -0.39 is 5.91 Å². The summed E-state index contributed by atoms with van der Waals surface area (Å²) in [5, 5.41) is 11.0. The maximum atomic E-state index is 13.1. The fourth-order valence-electron chi connectivity index (χ4n) is 2.62. The molecule has 1 N–H and O–H groups in total. The van der Waals surface area contributed by atoms with Crippen molar-refractivity contribution >= 4 is 22.7 Å². The minimum absolute atomic E-state index is 0.136. The Kier molecular flexibility index (Phi) is 3.53. The van der Waals surface area contributed by atoms with Crippen LogP contribution in [0.5, 0.6) is 0 Å². The minimum Gasteiger partial charge on any atom is -0.451 e. The molecule has 0 saturated carbocycles. The molecule has 124 valence electrons. The van der Waals surface area contributed by atoms with E-state index in [0.29, 0.717) is 16.8 Å². The fraction of sp³-hybridized carbons (Fsp3) is 0.0556. The van der Waals surface area contributed by atoms with Crippen LogP contribution in [0.15, 0.2) is 57.6 Å². The van der Waals surface area contributed by atoms with E-state index >= 15 is 0 Å². The predicted molar refractivity (Wildman–Crippen MR) is 88.6 cm³/mol. The van der Waals surface area contributed by atoms with Crippen molar-refractivity contribution in [1.82, 2.24) is 10.3 Å². The number of nitrogens with one attached hydrogen (secondary N) is 1. The Morgan fingerprint density at radius 1 is 1.08 bits per heavy atom. The Hall–Kier alpha value is -3.48. The van der Waals surface area contributed by atoms with Crippen molar-refractivity contribution in [2.75, 3.05) is 5.32 Å². The maximum absolute atomic E-state index is 13.1. The van der Waals surface area contributed by atoms with Gasteiger partial charge < -0.3 is 4.42 Å². The van der Waals surface area contributed by atoms with Crippen LogP contribution in [0.4, 0.5) is 10.2 Å². The first kappa shape index (κ1) is 15.1. The Morgan fingerprint density at radius 3 is 2.60 bits per heavy atom. The van der Waals surface area contributed by atoms with Crippen molar-refractivity contribution in [3.8, 4) is 11.3 Å². The summed E-state index contributed by atoms with van der Waals surface area (Å²) >= 11 is 0. The van der Waals surface area contributed by atoms with Crippen LogP contribution in [-0.2, 0) is 0 Å². The summed E-state index contributed by atoms with van der Waals surface area (Å²) in [6, 6.07) is 13.0. The highest BCUT2D eigenvalue weighted by atomic mass is 19.1. The molecule has 0 radical (unpaired) electrons. The molecule has 6 nitrogen and oxygen atoms in total. The van der Waals surface area contributed by atoms with Crippen LogP contribution in [0.3, 0.4) is 0 Å². The van der Waals surface area contributed by atoms with Gasteiger partial charge in [0.15, 0.2) is 11.5 Å². The first-order chi connectivity index (χ1) is 12.1. The quantitative estimate of drug-likeness (QED) is 0.606. The van der Waals surface area contributed by atoms with Gasteiger partial charge in [-0.15, -0.1) is 0 Å². The van der Waals surface area contributed by atoms with E-state index in [0.717, 1.165) is 10.9 Å². The summed E-state index contributed by atoms with van der Waals surface area (Å²) < 4.78 is 23.4. The van der Waals surface area contributed by atoms with Crippen LogP contribution in [0.1, 0.15) is 16.1 Å². The number of hydrogen-bond acceptors (Lipinski definition) is 5. The van der Waals surface area contributed by atoms with Gasteiger partial charge in [-0.25, -0.2) is 9.02 Å². The molecule has 0 aliphatic heterocycles. The molecule has 7 heteroatoms. The molecule has 0 unspecified atom stereocenters. The second kappa shape index (κ2) is 5.86. The fourth-order valence-corrected chi connectivity index (χ4v) is 2.62. The van der Waals surface area contributed by atoms with Gasteiger partial charge in [0, 0.05) is 16.5 Å². The number of nitrogens with zero attached hydrogens (tertiary/aromatic N) is 2. The molecular weight excluding hydrogens is 325 g/mol. The number of carbonyl (C=O) groups is 1. The third-order valence-electron chi connectivity index (χ3n) is 3.89. The highest BCUT2D eigenvalue weighted by Gasteiger charge is 2.21. The van der Waals surface area contributed by atoms with Crippen molar-refractivity contribution in [3.05, 3.63) is 65.7 Å². The molecule has 2 aromatic carbocycles. The van der Waals surface area contributed by atoms with E-state index in [1.165, 1.54) is 24.3 Å². The molecule has 0 saturated heterocycles. The van der Waals surface area contributed by atoms with E-state index in [9.17, 15) is 9.18 Å². The zero-order valence-corrected chi connectivity index (χ0v) is 13.1. The highest BCUT2D eigenvalue weighted by Crippen LogP contribution is 2.28. The first-order valence-corrected chi connectivity index (χ1v) is 7.51. The van der Waals surface area contributed by atoms with Crippen LogP contribution < -0.4 is 5.32 Å². The molecule has 2 heterocycles. The largest absolute Gasteiger partial charge is 0.451 e. The normalized spacial score (nSPS) is 11.0. The Labute approximate surface area is 141 Å². The van der Waals surface area contributed by atoms with Crippen LogP contribution in [0.25, 0.3) is 22.2 Å². The van der Waals surface area contributed by atoms with Gasteiger partial charge in [-0.1, -0.05) is 18.2 Å². The number of anilines is 1. The Bertz CT molecular complexity index is 1070. The average molecular weight is 337 g/mol. The van der Waals surface area contributed by atoms with Crippen molar-refractivity contribution < 1.29 is 18.2 Å². The smallest absolute Gasteiger partial charge is 0.292 e. The molecule has 4 rings (SSSR count). The number of hydrogen-bond donors (Lipinski definition) is 1. The summed E-state index contributed by atoms with van der Waals surface area (Å²) in [7, 11) is 0. The number of halogens is 1. The van der Waals surface area contributed by atoms with Crippen molar-refractivity contribution in [3.63, 3.8) is 0 Å². The third kappa shape index (κ3) is 2.65. The molecule has 0 aliphatic rings. The van der Waals surface area contributed by atoms with Crippen LogP contribution in [0.2, 0.25) is 0 Å². The second-order valence-corrected chi connectivity index (χ2v) is 5.47. The van der Waals surface area contributed by atoms with E-state index in [-0.39, 0.29) is 17.4 Å². The van der Waals surface area contributed by atoms with Gasteiger partial charge in [0.05, 0.1) is 0 Å². The number of furan rings is 1. The van der Waals surface area contributed by atoms with Gasteiger partial charge in [-0.3, -0.25) is 10.1 Å². The Morgan fingerprint density at radius 2 is 1.84 bits per heavy atom. The third-order valence-corrected chi connectivity index (χ3v) is 3.89. The molecule has 0 fully saturated rings. The van der Waals surface area contributed by atoms with Crippen molar-refractivity contribution in [2.45, 2.75) is 6.92 Å². The summed E-state index contributed by atoms with van der Waals surface area (Å²) in [5.41, 5.74) is 2.23. The van der Waals surface area contributed by atoms with E-state index in [1.54, 1.807) is 6.07 Å². The summed E-state index contributed by atoms with van der Waals surface area (Å²) in [5.74, 6) is -0.512. The minimum atomic E-state index is -0.465. The lowest BCUT2D eigenvalue weighted by molar-refractivity contribution is 0.0997. The zero-order chi connectivity index (χ0) is 17.4. The SMILES string of the molecule is Cc1c(C(=O)Nc2nonc2-c2ccc(F)cc2)oc2ccccc12. The summed E-state index contributed by atoms with van der Waals surface area (Å²) in [6.45, 7) is 1.81. The van der Waals surface area contributed by atoms with Crippen LogP contribution >= 0.6 is 0 Å². The lowest BCUT2D eigenvalue weighted by Crippen LogP contribution is -2.13. The predicted octanol–water partition coefficient (Wildman–Crippen LogP) is 4.18. The van der Waals surface area contributed by atoms with Crippen molar-refractivity contribution in [2.24, 2.45) is 0 Å². The molecular formula is C18H12FN3O3. The van der Waals surface area contributed by atoms with Crippen molar-refractivity contribution in [1.29, 1.82) is 0 Å². The number of benzene rings is 2. The monoisotopic (exact) mass is 337 g/mol. The summed E-state index contributed by atoms with van der Waals surface area (Å²) in [4.78, 5) is 12.6. The molecule has 0 bridgehead atoms. The standard InChI is InChI=1S/C18H12FN3O3/c1-10-13-4-2-3-5-14(13)24-16(10)18(23)20-17-15(21-25-22-17)11-6-8-12(19)9-7-11/h2-9H,1H3,(H,20,22,23). The number of para-hydroxylation sites is 1. The summed E-state index contributed by atoms with van der Waals surface area (Å²) in [6.07, 6.45) is 0. The first-order valence-electron chi connectivity index (χ1n) is 7.51. The maximum Gasteiger partial charge on any atom is 0.292 e. The van der Waals surface area contributed by atoms with Gasteiger partial charge in [0.25, 0.3) is 5.91 Å². The number of fused-ring (bicyclic) bond motifs is 1. The van der Waals surface area contributed by atoms with Gasteiger partial charge in [0.1, 0.15) is 11.4 Å². The Balaban J connectivity index is 1.66. The van der Waals surface area contributed by atoms with Gasteiger partial charge >= 0.3 is 0 Å². The molecule has 0 aliphatic carbocycles. The van der Waals surface area contributed by atoms with Gasteiger partial charge in [-0.05, 0) is 47.6 Å². The van der Waals surface area contributed by atoms with Gasteiger partial charge in [-0.2, -0.15) is 0 Å². The number of amides is 1. The number of carbonyl (C=O) groups excluding carboxylic acids is 1. The molecule has 0 spiro atoms. The van der Waals surface area contributed by atoms with E-state index in [4.69, 9.17) is 9.05 Å². The van der Waals surface area contributed by atoms with Crippen LogP contribution in [0, 0.1) is 12.7 Å². The molecule has 4 aromatic rings. The van der Waals surface area contributed by atoms with E-state index in [1.807, 2.05) is 25.1 Å². The van der Waals surface area contributed by atoms with E-state index in [2.05, 4.69) is 15.6 Å². The average Bonchev–Trinajstić information content (AvgIpc) is 3.21. The highest BCUT2D eigenvalue weighted by molar-refractivity contribution is 6.07. The molecule has 2 aromatic heterocycles. The second-order valence-electron chi connectivity index (χ2n) is 5.47. The lowest BCUT2D eigenvalue weighted by atomic mass is 10.1. The number of aryl methyl sites for hydroxylation is 1. The topological polar surface area (TPSA) is 81.2 Å². The molecule has 0 atom stereocenters. The lowest BCUT2D eigenvalue weighted by Gasteiger charge is -2.02. The molecule has 25 heavy (non-hydrogen) atoms. The van der Waals surface area contributed by atoms with Gasteiger partial charge in [0.2, 0.25) is 5.82 Å². The molecule has 1 amide bonds. The number of aromatic nitrogens is 2.